The first kappa shape index (κ1) is 39.5. The Labute approximate surface area is 347 Å². The van der Waals surface area contributed by atoms with Crippen molar-refractivity contribution in [1.82, 2.24) is 40.3 Å². The first-order valence-electron chi connectivity index (χ1n) is 21.3. The zero-order chi connectivity index (χ0) is 41.3. The van der Waals surface area contributed by atoms with Gasteiger partial charge in [-0.3, -0.25) is 34.1 Å². The number of imide groups is 1. The summed E-state index contributed by atoms with van der Waals surface area (Å²) in [6.45, 7) is 3.82. The SMILES string of the molecule is Cn1nc(C2CCC(=O)NC2=O)c2ccc(N3CCN(C4CCC(NC(=O)C5CCC(Nc6ncc(F)c(-c7cccc(-c8ccc[nH]c8=O)c7)n6)CC5)CC4)CC3)cc21. The number of pyridine rings is 1. The second kappa shape index (κ2) is 17.0. The number of hydrogen-bond acceptors (Lipinski definition) is 10. The number of nitrogens with zero attached hydrogens (tertiary/aromatic N) is 6. The van der Waals surface area contributed by atoms with E-state index >= 15 is 0 Å². The molecule has 4 fully saturated rings. The van der Waals surface area contributed by atoms with Gasteiger partial charge in [-0.25, -0.2) is 14.4 Å². The number of piperazine rings is 1. The predicted octanol–water partition coefficient (Wildman–Crippen LogP) is 5.27. The first-order chi connectivity index (χ1) is 29.2. The number of amides is 3. The fraction of sp³-hybridized carbons (Fsp3) is 0.444. The van der Waals surface area contributed by atoms with E-state index in [0.29, 0.717) is 41.5 Å². The van der Waals surface area contributed by atoms with Gasteiger partial charge in [0.15, 0.2) is 5.82 Å². The second-order valence-corrected chi connectivity index (χ2v) is 16.8. The van der Waals surface area contributed by atoms with Crippen LogP contribution in [0.5, 0.6) is 0 Å². The molecule has 2 saturated heterocycles. The highest BCUT2D eigenvalue weighted by molar-refractivity contribution is 6.02. The van der Waals surface area contributed by atoms with Crippen LogP contribution in [-0.4, -0.2) is 91.7 Å². The average Bonchev–Trinajstić information content (AvgIpc) is 3.59. The van der Waals surface area contributed by atoms with Crippen molar-refractivity contribution in [3.8, 4) is 22.4 Å². The van der Waals surface area contributed by atoms with Crippen LogP contribution in [0.1, 0.15) is 75.8 Å². The van der Waals surface area contributed by atoms with Gasteiger partial charge in [-0.15, -0.1) is 0 Å². The molecule has 5 heterocycles. The molecule has 2 aromatic carbocycles. The largest absolute Gasteiger partial charge is 0.369 e. The van der Waals surface area contributed by atoms with Crippen molar-refractivity contribution < 1.29 is 18.8 Å². The number of benzene rings is 2. The van der Waals surface area contributed by atoms with E-state index < -0.39 is 11.7 Å². The topological polar surface area (TPSA) is 170 Å². The van der Waals surface area contributed by atoms with Crippen molar-refractivity contribution >= 4 is 40.3 Å². The van der Waals surface area contributed by atoms with Gasteiger partial charge in [-0.05, 0) is 99.7 Å². The molecule has 312 valence electrons. The van der Waals surface area contributed by atoms with E-state index in [1.807, 2.05) is 17.8 Å². The van der Waals surface area contributed by atoms with Gasteiger partial charge in [-0.2, -0.15) is 5.10 Å². The van der Waals surface area contributed by atoms with Crippen molar-refractivity contribution in [3.05, 3.63) is 88.9 Å². The zero-order valence-corrected chi connectivity index (χ0v) is 33.8. The van der Waals surface area contributed by atoms with Crippen LogP contribution in [-0.2, 0) is 21.4 Å². The Kier molecular flexibility index (Phi) is 11.2. The summed E-state index contributed by atoms with van der Waals surface area (Å²) in [7, 11) is 1.91. The minimum Gasteiger partial charge on any atom is -0.369 e. The quantitative estimate of drug-likeness (QED) is 0.144. The maximum atomic E-state index is 15.0. The molecule has 2 aliphatic carbocycles. The first-order valence-corrected chi connectivity index (χ1v) is 21.3. The number of rotatable bonds is 9. The molecular formula is C45H51FN10O4. The maximum absolute atomic E-state index is 15.0. The Morgan fingerprint density at radius 2 is 1.62 bits per heavy atom. The Bertz CT molecular complexity index is 2460. The van der Waals surface area contributed by atoms with Crippen molar-refractivity contribution in [3.63, 3.8) is 0 Å². The van der Waals surface area contributed by atoms with E-state index in [2.05, 4.69) is 58.9 Å². The number of carbonyl (C=O) groups is 3. The molecule has 5 aromatic rings. The number of nitrogens with one attached hydrogen (secondary N) is 4. The molecule has 1 unspecified atom stereocenters. The van der Waals surface area contributed by atoms with Gasteiger partial charge in [-0.1, -0.05) is 18.2 Å². The van der Waals surface area contributed by atoms with Gasteiger partial charge in [0.25, 0.3) is 5.56 Å². The summed E-state index contributed by atoms with van der Waals surface area (Å²) in [5.41, 5.74) is 4.53. The van der Waals surface area contributed by atoms with E-state index in [-0.39, 0.29) is 47.0 Å². The highest BCUT2D eigenvalue weighted by atomic mass is 19.1. The molecule has 0 radical (unpaired) electrons. The Balaban J connectivity index is 0.720. The molecule has 2 saturated carbocycles. The molecule has 15 heteroatoms. The smallest absolute Gasteiger partial charge is 0.255 e. The standard InChI is InChI=1S/C45H51FN10O4/c1-54-38-25-33(15-16-35(38)41(53-54)36-17-18-39(57)51-44(36)60)56-22-20-55(21-23-56)32-13-11-30(12-14-32)49-42(58)27-7-9-31(10-8-27)50-45-48-26-37(46)40(52-45)29-5-2-4-28(24-29)34-6-3-19-47-43(34)59/h2-6,15-16,19,24-27,30-32,36H,7-14,17-18,20-23H2,1H3,(H,47,59)(H,49,58)(H,48,50,52)(H,51,57,60). The molecule has 4 N–H and O–H groups in total. The molecule has 0 spiro atoms. The summed E-state index contributed by atoms with van der Waals surface area (Å²) in [4.78, 5) is 66.5. The molecule has 1 atom stereocenters. The lowest BCUT2D eigenvalue weighted by atomic mass is 9.84. The molecular weight excluding hydrogens is 764 g/mol. The number of aromatic nitrogens is 5. The summed E-state index contributed by atoms with van der Waals surface area (Å²) in [5, 5.41) is 14.9. The van der Waals surface area contributed by atoms with Crippen molar-refractivity contribution in [2.75, 3.05) is 36.4 Å². The van der Waals surface area contributed by atoms with E-state index in [9.17, 15) is 23.6 Å². The number of hydrogen-bond donors (Lipinski definition) is 4. The number of H-pyrrole nitrogens is 1. The molecule has 9 rings (SSSR count). The van der Waals surface area contributed by atoms with Crippen molar-refractivity contribution in [1.29, 1.82) is 0 Å². The van der Waals surface area contributed by atoms with Crippen LogP contribution >= 0.6 is 0 Å². The predicted molar refractivity (Wildman–Crippen MR) is 227 cm³/mol. The van der Waals surface area contributed by atoms with Crippen LogP contribution in [0.15, 0.2) is 71.8 Å². The molecule has 0 bridgehead atoms. The van der Waals surface area contributed by atoms with Crippen LogP contribution in [0.4, 0.5) is 16.0 Å². The highest BCUT2D eigenvalue weighted by Crippen LogP contribution is 2.34. The van der Waals surface area contributed by atoms with Crippen LogP contribution in [0.3, 0.4) is 0 Å². The monoisotopic (exact) mass is 814 g/mol. The summed E-state index contributed by atoms with van der Waals surface area (Å²) in [6, 6.07) is 17.8. The Morgan fingerprint density at radius 1 is 0.850 bits per heavy atom. The Hall–Kier alpha value is -5.96. The number of aryl methyl sites for hydroxylation is 1. The summed E-state index contributed by atoms with van der Waals surface area (Å²) in [5.74, 6) is -0.988. The van der Waals surface area contributed by atoms with Crippen LogP contribution in [0, 0.1) is 11.7 Å². The average molecular weight is 815 g/mol. The van der Waals surface area contributed by atoms with Gasteiger partial charge in [0, 0.05) is 92.1 Å². The second-order valence-electron chi connectivity index (χ2n) is 16.8. The summed E-state index contributed by atoms with van der Waals surface area (Å²) in [6.07, 6.45) is 10.8. The van der Waals surface area contributed by atoms with Crippen LogP contribution in [0.2, 0.25) is 0 Å². The third-order valence-corrected chi connectivity index (χ3v) is 13.1. The number of anilines is 2. The van der Waals surface area contributed by atoms with Crippen molar-refractivity contribution in [2.45, 2.75) is 88.3 Å². The lowest BCUT2D eigenvalue weighted by Gasteiger charge is -2.43. The van der Waals surface area contributed by atoms with E-state index in [1.165, 1.54) is 6.20 Å². The molecule has 60 heavy (non-hydrogen) atoms. The van der Waals surface area contributed by atoms with Crippen LogP contribution in [0.25, 0.3) is 33.3 Å². The number of aromatic amines is 1. The third kappa shape index (κ3) is 8.27. The van der Waals surface area contributed by atoms with E-state index in [4.69, 9.17) is 5.10 Å². The zero-order valence-electron chi connectivity index (χ0n) is 33.8. The lowest BCUT2D eigenvalue weighted by Crippen LogP contribution is -2.52. The minimum absolute atomic E-state index is 0.0305. The van der Waals surface area contributed by atoms with E-state index in [0.717, 1.165) is 99.8 Å². The molecule has 3 amide bonds. The van der Waals surface area contributed by atoms with Crippen molar-refractivity contribution in [2.24, 2.45) is 13.0 Å². The van der Waals surface area contributed by atoms with Gasteiger partial charge in [0.2, 0.25) is 23.7 Å². The number of piperidine rings is 1. The Morgan fingerprint density at radius 3 is 2.38 bits per heavy atom. The lowest BCUT2D eigenvalue weighted by molar-refractivity contribution is -0.134. The van der Waals surface area contributed by atoms with Gasteiger partial charge in [0.1, 0.15) is 5.69 Å². The number of fused-ring (bicyclic) bond motifs is 1. The fourth-order valence-electron chi connectivity index (χ4n) is 9.74. The molecule has 3 aromatic heterocycles. The highest BCUT2D eigenvalue weighted by Gasteiger charge is 2.34. The maximum Gasteiger partial charge on any atom is 0.255 e. The normalized spacial score (nSPS) is 24.0. The van der Waals surface area contributed by atoms with Gasteiger partial charge >= 0.3 is 0 Å². The molecule has 2 aliphatic heterocycles. The van der Waals surface area contributed by atoms with Gasteiger partial charge in [0.05, 0.1) is 23.3 Å². The molecule has 4 aliphatic rings. The van der Waals surface area contributed by atoms with Crippen LogP contribution < -0.4 is 26.4 Å². The van der Waals surface area contributed by atoms with E-state index in [1.54, 1.807) is 36.5 Å². The molecule has 14 nitrogen and oxygen atoms in total. The third-order valence-electron chi connectivity index (χ3n) is 13.1. The van der Waals surface area contributed by atoms with Gasteiger partial charge < -0.3 is 20.5 Å². The summed E-state index contributed by atoms with van der Waals surface area (Å²) < 4.78 is 16.8. The fourth-order valence-corrected chi connectivity index (χ4v) is 9.74. The number of carbonyl (C=O) groups excluding carboxylic acids is 3. The number of halogens is 1. The minimum atomic E-state index is -0.544. The summed E-state index contributed by atoms with van der Waals surface area (Å²) >= 11 is 0.